The highest BCUT2D eigenvalue weighted by Gasteiger charge is 2.50. The molecule has 1 aromatic heterocycles. The third-order valence-corrected chi connectivity index (χ3v) is 6.85. The maximum atomic E-state index is 7.87. The van der Waals surface area contributed by atoms with Gasteiger partial charge in [0.1, 0.15) is 5.69 Å². The Morgan fingerprint density at radius 2 is 1.63 bits per heavy atom. The van der Waals surface area contributed by atoms with Crippen LogP contribution >= 0.6 is 0 Å². The van der Waals surface area contributed by atoms with E-state index in [-0.39, 0.29) is 10.8 Å². The van der Waals surface area contributed by atoms with Gasteiger partial charge in [-0.1, -0.05) is 63.1 Å². The molecule has 0 amide bonds. The van der Waals surface area contributed by atoms with Crippen molar-refractivity contribution < 1.29 is 8.79 Å². The van der Waals surface area contributed by atoms with E-state index >= 15 is 0 Å². The van der Waals surface area contributed by atoms with Crippen LogP contribution < -0.4 is 4.68 Å². The van der Waals surface area contributed by atoms with E-state index in [9.17, 15) is 0 Å². The molecule has 3 aromatic rings. The Bertz CT molecular complexity index is 1160. The summed E-state index contributed by atoms with van der Waals surface area (Å²) in [5.41, 5.74) is 8.19. The Balaban J connectivity index is 2.06. The van der Waals surface area contributed by atoms with E-state index in [1.54, 1.807) is 6.07 Å². The predicted octanol–water partition coefficient (Wildman–Crippen LogP) is 5.46. The molecule has 0 N–H and O–H groups in total. The molecule has 140 valence electrons. The molecule has 0 aliphatic carbocycles. The highest BCUT2D eigenvalue weighted by atomic mass is 15.4. The first-order chi connectivity index (χ1) is 13.8. The smallest absolute Gasteiger partial charge is 0.124 e. The van der Waals surface area contributed by atoms with Crippen LogP contribution in [0.25, 0.3) is 16.9 Å². The van der Waals surface area contributed by atoms with Gasteiger partial charge in [-0.15, -0.1) is 9.36 Å². The quantitative estimate of drug-likeness (QED) is 0.508. The highest BCUT2D eigenvalue weighted by Crippen LogP contribution is 2.50. The molecule has 4 rings (SSSR count). The Kier molecular flexibility index (Phi) is 3.03. The Morgan fingerprint density at radius 1 is 0.926 bits per heavy atom. The molecule has 1 aliphatic rings. The summed E-state index contributed by atoms with van der Waals surface area (Å²) in [5.74, 6) is 0. The number of aromatic nitrogens is 2. The van der Waals surface area contributed by atoms with Crippen molar-refractivity contribution in [2.24, 2.45) is 7.05 Å². The molecular formula is C25H31N2+. The topological polar surface area (TPSA) is 8.81 Å². The predicted molar refractivity (Wildman–Crippen MR) is 113 cm³/mol. The Labute approximate surface area is 167 Å². The van der Waals surface area contributed by atoms with E-state index in [4.69, 9.17) is 4.11 Å². The van der Waals surface area contributed by atoms with Crippen LogP contribution in [0.15, 0.2) is 42.5 Å². The first-order valence-electron chi connectivity index (χ1n) is 11.1. The summed E-state index contributed by atoms with van der Waals surface area (Å²) >= 11 is 0. The van der Waals surface area contributed by atoms with E-state index in [1.807, 2.05) is 13.0 Å². The van der Waals surface area contributed by atoms with Gasteiger partial charge >= 0.3 is 0 Å². The first kappa shape index (κ1) is 14.7. The van der Waals surface area contributed by atoms with Crippen LogP contribution in [0.3, 0.4) is 0 Å². The zero-order valence-corrected chi connectivity index (χ0v) is 17.4. The third-order valence-electron chi connectivity index (χ3n) is 6.85. The molecule has 0 atom stereocenters. The lowest BCUT2D eigenvalue weighted by atomic mass is 9.60. The second-order valence-electron chi connectivity index (χ2n) is 9.06. The van der Waals surface area contributed by atoms with Crippen LogP contribution in [0.4, 0.5) is 0 Å². The molecule has 0 fully saturated rings. The molecule has 2 heterocycles. The van der Waals surface area contributed by atoms with Crippen molar-refractivity contribution in [2.45, 2.75) is 59.2 Å². The molecule has 0 unspecified atom stereocenters. The van der Waals surface area contributed by atoms with Gasteiger partial charge in [0, 0.05) is 26.6 Å². The normalized spacial score (nSPS) is 18.9. The summed E-state index contributed by atoms with van der Waals surface area (Å²) in [6, 6.07) is 14.5. The average Bonchev–Trinajstić information content (AvgIpc) is 2.97. The zero-order valence-electron chi connectivity index (χ0n) is 20.4. The number of fused-ring (bicyclic) bond motifs is 3. The van der Waals surface area contributed by atoms with Crippen molar-refractivity contribution in [2.75, 3.05) is 0 Å². The number of para-hydroxylation sites is 1. The Hall–Kier alpha value is -2.35. The average molecular weight is 363 g/mol. The molecule has 2 nitrogen and oxygen atoms in total. The largest absolute Gasteiger partial charge is 0.239 e. The van der Waals surface area contributed by atoms with Gasteiger partial charge in [0.2, 0.25) is 5.69 Å². The maximum Gasteiger partial charge on any atom is 0.239 e. The minimum absolute atomic E-state index is 0.0522. The van der Waals surface area contributed by atoms with Crippen LogP contribution in [0.1, 0.15) is 59.8 Å². The molecule has 2 aromatic carbocycles. The molecule has 0 saturated heterocycles. The number of nitrogens with zero attached hydrogens (tertiary/aromatic N) is 2. The van der Waals surface area contributed by atoms with Crippen LogP contribution in [0.2, 0.25) is 0 Å². The van der Waals surface area contributed by atoms with Crippen molar-refractivity contribution in [3.05, 3.63) is 70.4 Å². The van der Waals surface area contributed by atoms with Crippen molar-refractivity contribution in [1.29, 1.82) is 0 Å². The van der Waals surface area contributed by atoms with E-state index in [1.165, 1.54) is 22.5 Å². The van der Waals surface area contributed by atoms with Crippen LogP contribution in [0.5, 0.6) is 0 Å². The fourth-order valence-corrected chi connectivity index (χ4v) is 4.57. The number of hydrogen-bond donors (Lipinski definition) is 0. The standard InChI is InChI=1S/C25H31N2/c1-16-12-17(2)14-19(13-16)21-15-22-25(6,7)24(4,5)20-11-9-10-18(3)23(20)27(22)26(21)8/h9-15H,1-8H3/q+1/i1D3. The second kappa shape index (κ2) is 5.58. The molecular weight excluding hydrogens is 328 g/mol. The minimum atomic E-state index is -2.12. The lowest BCUT2D eigenvalue weighted by Crippen LogP contribution is -2.51. The summed E-state index contributed by atoms with van der Waals surface area (Å²) in [6.45, 7) is 11.2. The van der Waals surface area contributed by atoms with Gasteiger partial charge < -0.3 is 0 Å². The highest BCUT2D eigenvalue weighted by molar-refractivity contribution is 5.63. The SMILES string of the molecule is [2H]C([2H])([2H])c1cc(C)cc(-c2cc3n([n+]2C)-c2c(C)cccc2C(C)(C)C3(C)C)c1. The van der Waals surface area contributed by atoms with Crippen molar-refractivity contribution in [3.63, 3.8) is 0 Å². The third kappa shape index (κ3) is 2.35. The van der Waals surface area contributed by atoms with Crippen LogP contribution in [0, 0.1) is 20.7 Å². The van der Waals surface area contributed by atoms with Gasteiger partial charge in [-0.25, -0.2) is 0 Å². The fourth-order valence-electron chi connectivity index (χ4n) is 4.57. The number of hydrogen-bond acceptors (Lipinski definition) is 0. The summed E-state index contributed by atoms with van der Waals surface area (Å²) in [7, 11) is 2.07. The van der Waals surface area contributed by atoms with Gasteiger partial charge in [0.15, 0.2) is 7.05 Å². The molecule has 1 aliphatic heterocycles. The first-order valence-corrected chi connectivity index (χ1v) is 9.62. The molecule has 0 saturated carbocycles. The number of aryl methyl sites for hydroxylation is 3. The molecule has 0 bridgehead atoms. The summed E-state index contributed by atoms with van der Waals surface area (Å²) in [4.78, 5) is 0. The van der Waals surface area contributed by atoms with Gasteiger partial charge in [-0.3, -0.25) is 0 Å². The van der Waals surface area contributed by atoms with Crippen molar-refractivity contribution in [3.8, 4) is 16.9 Å². The van der Waals surface area contributed by atoms with E-state index in [2.05, 4.69) is 81.4 Å². The Morgan fingerprint density at radius 3 is 2.33 bits per heavy atom. The molecule has 0 radical (unpaired) electrons. The zero-order chi connectivity index (χ0) is 22.2. The van der Waals surface area contributed by atoms with Crippen molar-refractivity contribution >= 4 is 0 Å². The van der Waals surface area contributed by atoms with Crippen LogP contribution in [-0.4, -0.2) is 4.68 Å². The van der Waals surface area contributed by atoms with E-state index in [0.717, 1.165) is 16.8 Å². The van der Waals surface area contributed by atoms with Crippen molar-refractivity contribution in [1.82, 2.24) is 4.68 Å². The van der Waals surface area contributed by atoms with Gasteiger partial charge in [0.05, 0.1) is 5.69 Å². The van der Waals surface area contributed by atoms with E-state index < -0.39 is 6.85 Å². The van der Waals surface area contributed by atoms with Gasteiger partial charge in [-0.05, 0) is 44.0 Å². The lowest BCUT2D eigenvalue weighted by molar-refractivity contribution is -0.735. The van der Waals surface area contributed by atoms with Gasteiger partial charge in [0.25, 0.3) is 0 Å². The fraction of sp³-hybridized carbons (Fsp3) is 0.400. The lowest BCUT2D eigenvalue weighted by Gasteiger charge is -2.46. The summed E-state index contributed by atoms with van der Waals surface area (Å²) in [6.07, 6.45) is 0. The molecule has 0 spiro atoms. The molecule has 27 heavy (non-hydrogen) atoms. The summed E-state index contributed by atoms with van der Waals surface area (Å²) < 4.78 is 28.1. The van der Waals surface area contributed by atoms with E-state index in [0.29, 0.717) is 5.56 Å². The monoisotopic (exact) mass is 362 g/mol. The molecule has 2 heteroatoms. The minimum Gasteiger partial charge on any atom is -0.124 e. The summed E-state index contributed by atoms with van der Waals surface area (Å²) in [5, 5.41) is 0. The van der Waals surface area contributed by atoms with Crippen LogP contribution in [-0.2, 0) is 17.9 Å². The maximum absolute atomic E-state index is 7.87. The number of benzene rings is 2. The second-order valence-corrected chi connectivity index (χ2v) is 9.06. The number of rotatable bonds is 1. The van der Waals surface area contributed by atoms with Gasteiger partial charge in [-0.2, -0.15) is 0 Å².